The SMILES string of the molecule is Cl.ClCCCOc1nn(Cc2ccccc2)c2ccccc12. The number of nitrogens with zero attached hydrogens (tertiary/aromatic N) is 2. The van der Waals surface area contributed by atoms with Crippen molar-refractivity contribution in [3.05, 3.63) is 60.2 Å². The molecule has 3 aromatic rings. The van der Waals surface area contributed by atoms with Gasteiger partial charge < -0.3 is 4.74 Å². The molecule has 0 saturated heterocycles. The van der Waals surface area contributed by atoms with E-state index in [2.05, 4.69) is 23.3 Å². The molecule has 1 aromatic heterocycles. The molecule has 0 aliphatic rings. The van der Waals surface area contributed by atoms with Gasteiger partial charge in [-0.25, -0.2) is 0 Å². The van der Waals surface area contributed by atoms with Crippen LogP contribution in [0.15, 0.2) is 54.6 Å². The second-order valence-corrected chi connectivity index (χ2v) is 5.23. The monoisotopic (exact) mass is 336 g/mol. The van der Waals surface area contributed by atoms with Crippen molar-refractivity contribution in [1.82, 2.24) is 9.78 Å². The van der Waals surface area contributed by atoms with Crippen LogP contribution in [0.5, 0.6) is 5.88 Å². The van der Waals surface area contributed by atoms with Crippen LogP contribution in [-0.4, -0.2) is 22.3 Å². The van der Waals surface area contributed by atoms with Gasteiger partial charge in [0.2, 0.25) is 5.88 Å². The first-order valence-electron chi connectivity index (χ1n) is 7.07. The van der Waals surface area contributed by atoms with Crippen LogP contribution in [0.3, 0.4) is 0 Å². The largest absolute Gasteiger partial charge is 0.476 e. The van der Waals surface area contributed by atoms with Gasteiger partial charge >= 0.3 is 0 Å². The third kappa shape index (κ3) is 3.73. The van der Waals surface area contributed by atoms with E-state index in [4.69, 9.17) is 16.3 Å². The van der Waals surface area contributed by atoms with E-state index in [1.807, 2.05) is 41.1 Å². The molecule has 0 spiro atoms. The number of alkyl halides is 1. The molecule has 116 valence electrons. The van der Waals surface area contributed by atoms with Crippen molar-refractivity contribution in [2.45, 2.75) is 13.0 Å². The molecular formula is C17H18Cl2N2O. The third-order valence-corrected chi connectivity index (χ3v) is 3.58. The summed E-state index contributed by atoms with van der Waals surface area (Å²) in [5, 5.41) is 5.65. The molecule has 0 bridgehead atoms. The fourth-order valence-electron chi connectivity index (χ4n) is 2.30. The van der Waals surface area contributed by atoms with E-state index in [9.17, 15) is 0 Å². The average Bonchev–Trinajstić information content (AvgIpc) is 2.87. The van der Waals surface area contributed by atoms with Crippen molar-refractivity contribution >= 4 is 34.9 Å². The predicted molar refractivity (Wildman–Crippen MR) is 93.4 cm³/mol. The zero-order valence-corrected chi connectivity index (χ0v) is 13.7. The normalized spacial score (nSPS) is 10.4. The highest BCUT2D eigenvalue weighted by molar-refractivity contribution is 6.17. The molecule has 0 atom stereocenters. The van der Waals surface area contributed by atoms with Crippen LogP contribution in [0, 0.1) is 0 Å². The Kier molecular flexibility index (Phi) is 6.10. The van der Waals surface area contributed by atoms with Gasteiger partial charge in [0.25, 0.3) is 0 Å². The Balaban J connectivity index is 0.00000176. The van der Waals surface area contributed by atoms with Gasteiger partial charge in [-0.2, -0.15) is 0 Å². The van der Waals surface area contributed by atoms with Crippen LogP contribution in [0.4, 0.5) is 0 Å². The van der Waals surface area contributed by atoms with Gasteiger partial charge in [-0.3, -0.25) is 4.68 Å². The fourth-order valence-corrected chi connectivity index (χ4v) is 2.41. The predicted octanol–water partition coefficient (Wildman–Crippen LogP) is 4.51. The lowest BCUT2D eigenvalue weighted by Gasteiger charge is -2.03. The van der Waals surface area contributed by atoms with E-state index in [0.29, 0.717) is 18.4 Å². The molecule has 0 fully saturated rings. The number of hydrogen-bond acceptors (Lipinski definition) is 2. The maximum Gasteiger partial charge on any atom is 0.240 e. The molecule has 0 saturated carbocycles. The van der Waals surface area contributed by atoms with Crippen molar-refractivity contribution in [1.29, 1.82) is 0 Å². The highest BCUT2D eigenvalue weighted by Gasteiger charge is 2.11. The summed E-state index contributed by atoms with van der Waals surface area (Å²) in [6.07, 6.45) is 0.821. The summed E-state index contributed by atoms with van der Waals surface area (Å²) in [6.45, 7) is 1.33. The topological polar surface area (TPSA) is 27.1 Å². The van der Waals surface area contributed by atoms with E-state index >= 15 is 0 Å². The summed E-state index contributed by atoms with van der Waals surface area (Å²) >= 11 is 5.69. The minimum Gasteiger partial charge on any atom is -0.476 e. The smallest absolute Gasteiger partial charge is 0.240 e. The maximum absolute atomic E-state index is 5.76. The lowest BCUT2D eigenvalue weighted by molar-refractivity contribution is 0.305. The maximum atomic E-state index is 5.76. The van der Waals surface area contributed by atoms with Gasteiger partial charge in [-0.15, -0.1) is 29.1 Å². The second-order valence-electron chi connectivity index (χ2n) is 4.86. The van der Waals surface area contributed by atoms with Crippen LogP contribution < -0.4 is 4.74 Å². The molecule has 1 heterocycles. The zero-order chi connectivity index (χ0) is 14.5. The van der Waals surface area contributed by atoms with Crippen molar-refractivity contribution in [2.24, 2.45) is 0 Å². The van der Waals surface area contributed by atoms with E-state index in [0.717, 1.165) is 23.9 Å². The van der Waals surface area contributed by atoms with Crippen LogP contribution >= 0.6 is 24.0 Å². The van der Waals surface area contributed by atoms with E-state index < -0.39 is 0 Å². The Morgan fingerprint density at radius 2 is 1.73 bits per heavy atom. The molecule has 3 nitrogen and oxygen atoms in total. The molecule has 0 amide bonds. The van der Waals surface area contributed by atoms with Gasteiger partial charge in [-0.05, 0) is 24.1 Å². The number of benzene rings is 2. The van der Waals surface area contributed by atoms with Gasteiger partial charge in [0.15, 0.2) is 0 Å². The second kappa shape index (κ2) is 8.06. The highest BCUT2D eigenvalue weighted by atomic mass is 35.5. The first-order chi connectivity index (χ1) is 10.4. The molecule has 3 rings (SSSR count). The van der Waals surface area contributed by atoms with Crippen molar-refractivity contribution < 1.29 is 4.74 Å². The molecule has 0 N–H and O–H groups in total. The van der Waals surface area contributed by atoms with Crippen molar-refractivity contribution in [3.8, 4) is 5.88 Å². The Morgan fingerprint density at radius 1 is 1.00 bits per heavy atom. The summed E-state index contributed by atoms with van der Waals surface area (Å²) in [4.78, 5) is 0. The number of aromatic nitrogens is 2. The molecule has 0 radical (unpaired) electrons. The van der Waals surface area contributed by atoms with E-state index in [-0.39, 0.29) is 12.4 Å². The van der Waals surface area contributed by atoms with Crippen molar-refractivity contribution in [3.63, 3.8) is 0 Å². The molecule has 0 aliphatic heterocycles. The van der Waals surface area contributed by atoms with Crippen LogP contribution in [0.2, 0.25) is 0 Å². The number of halogens is 2. The summed E-state index contributed by atoms with van der Waals surface area (Å²) in [5.74, 6) is 1.29. The molecular weight excluding hydrogens is 319 g/mol. The minimum absolute atomic E-state index is 0. The van der Waals surface area contributed by atoms with Crippen molar-refractivity contribution in [2.75, 3.05) is 12.5 Å². The average molecular weight is 337 g/mol. The van der Waals surface area contributed by atoms with Gasteiger partial charge in [0, 0.05) is 5.88 Å². The molecule has 5 heteroatoms. The highest BCUT2D eigenvalue weighted by Crippen LogP contribution is 2.25. The Bertz CT molecular complexity index is 713. The Hall–Kier alpha value is -1.71. The summed E-state index contributed by atoms with van der Waals surface area (Å²) in [5.41, 5.74) is 2.31. The van der Waals surface area contributed by atoms with Gasteiger partial charge in [-0.1, -0.05) is 42.5 Å². The quantitative estimate of drug-likeness (QED) is 0.489. The summed E-state index contributed by atoms with van der Waals surface area (Å²) in [7, 11) is 0. The third-order valence-electron chi connectivity index (χ3n) is 3.32. The lowest BCUT2D eigenvalue weighted by atomic mass is 10.2. The zero-order valence-electron chi connectivity index (χ0n) is 12.1. The van der Waals surface area contributed by atoms with Crippen LogP contribution in [0.1, 0.15) is 12.0 Å². The van der Waals surface area contributed by atoms with Gasteiger partial charge in [0.1, 0.15) is 0 Å². The lowest BCUT2D eigenvalue weighted by Crippen LogP contribution is -2.03. The Morgan fingerprint density at radius 3 is 2.50 bits per heavy atom. The number of hydrogen-bond donors (Lipinski definition) is 0. The summed E-state index contributed by atoms with van der Waals surface area (Å²) in [6, 6.07) is 18.4. The van der Waals surface area contributed by atoms with Crippen LogP contribution in [0.25, 0.3) is 10.9 Å². The van der Waals surface area contributed by atoms with Gasteiger partial charge in [0.05, 0.1) is 24.1 Å². The minimum atomic E-state index is 0. The molecule has 0 aliphatic carbocycles. The fraction of sp³-hybridized carbons (Fsp3) is 0.235. The molecule has 0 unspecified atom stereocenters. The molecule has 22 heavy (non-hydrogen) atoms. The first-order valence-corrected chi connectivity index (χ1v) is 7.60. The first kappa shape index (κ1) is 16.7. The van der Waals surface area contributed by atoms with E-state index in [1.54, 1.807) is 0 Å². The standard InChI is InChI=1S/C17H17ClN2O.ClH/c18-11-6-12-21-17-15-9-4-5-10-16(15)20(19-17)13-14-7-2-1-3-8-14;/h1-5,7-10H,6,11-13H2;1H. The van der Waals surface area contributed by atoms with Crippen LogP contribution in [-0.2, 0) is 6.54 Å². The number of para-hydroxylation sites is 1. The molecule has 2 aromatic carbocycles. The number of ether oxygens (including phenoxy) is 1. The number of rotatable bonds is 6. The summed E-state index contributed by atoms with van der Waals surface area (Å²) < 4.78 is 7.75. The number of fused-ring (bicyclic) bond motifs is 1. The Labute approximate surface area is 141 Å². The van der Waals surface area contributed by atoms with E-state index in [1.165, 1.54) is 5.56 Å².